The number of benzene rings is 1. The molecule has 0 radical (unpaired) electrons. The highest BCUT2D eigenvalue weighted by molar-refractivity contribution is 6.95. The molecule has 18 heavy (non-hydrogen) atoms. The summed E-state index contributed by atoms with van der Waals surface area (Å²) in [6.07, 6.45) is 0.914. The van der Waals surface area contributed by atoms with E-state index in [1.807, 2.05) is 12.1 Å². The molecule has 0 N–H and O–H groups in total. The third-order valence-corrected chi connectivity index (χ3v) is 12.1. The molecule has 0 aliphatic rings. The number of aldehydes is 1. The number of hydrogen-bond donors (Lipinski definition) is 0. The summed E-state index contributed by atoms with van der Waals surface area (Å²) >= 11 is 0. The summed E-state index contributed by atoms with van der Waals surface area (Å²) < 4.78 is 0. The molecule has 0 fully saturated rings. The van der Waals surface area contributed by atoms with Crippen LogP contribution >= 0.6 is 0 Å². The minimum atomic E-state index is -1.68. The summed E-state index contributed by atoms with van der Waals surface area (Å²) in [6, 6.07) is 8.22. The van der Waals surface area contributed by atoms with Crippen molar-refractivity contribution in [2.75, 3.05) is 0 Å². The lowest BCUT2D eigenvalue weighted by atomic mass is 10.2. The second-order valence-electron chi connectivity index (χ2n) is 7.36. The van der Waals surface area contributed by atoms with Crippen LogP contribution in [0.4, 0.5) is 0 Å². The smallest absolute Gasteiger partial charge is 0.150 e. The Morgan fingerprint density at radius 2 is 1.28 bits per heavy atom. The standard InChI is InChI=1S/C16H26OSi/c1-15(2,3)18(7,16(4,5)6)14-10-8-13(12-17)9-11-14/h8-12H,1-7H3. The molecule has 0 saturated heterocycles. The van der Waals surface area contributed by atoms with Crippen LogP contribution in [0.3, 0.4) is 0 Å². The third-order valence-electron chi connectivity index (χ3n) is 4.62. The second kappa shape index (κ2) is 4.65. The van der Waals surface area contributed by atoms with E-state index < -0.39 is 8.07 Å². The summed E-state index contributed by atoms with van der Waals surface area (Å²) in [5.74, 6) is 0. The SMILES string of the molecule is CC(C)(C)[Si](C)(c1ccc(C=O)cc1)C(C)(C)C. The Balaban J connectivity index is 3.40. The van der Waals surface area contributed by atoms with Crippen LogP contribution < -0.4 is 5.19 Å². The Labute approximate surface area is 113 Å². The lowest BCUT2D eigenvalue weighted by Crippen LogP contribution is -2.58. The van der Waals surface area contributed by atoms with Gasteiger partial charge in [-0.3, -0.25) is 4.79 Å². The van der Waals surface area contributed by atoms with Crippen LogP contribution in [0.2, 0.25) is 16.6 Å². The van der Waals surface area contributed by atoms with E-state index in [4.69, 9.17) is 0 Å². The van der Waals surface area contributed by atoms with Gasteiger partial charge in [-0.05, 0) is 10.1 Å². The van der Waals surface area contributed by atoms with Gasteiger partial charge < -0.3 is 0 Å². The van der Waals surface area contributed by atoms with E-state index in [1.54, 1.807) is 0 Å². The molecule has 0 amide bonds. The Bertz CT molecular complexity index is 404. The zero-order valence-corrected chi connectivity index (χ0v) is 13.8. The first-order valence-electron chi connectivity index (χ1n) is 6.60. The molecule has 2 heteroatoms. The van der Waals surface area contributed by atoms with E-state index in [2.05, 4.69) is 60.2 Å². The lowest BCUT2D eigenvalue weighted by molar-refractivity contribution is 0.112. The zero-order valence-electron chi connectivity index (χ0n) is 12.8. The minimum Gasteiger partial charge on any atom is -0.298 e. The van der Waals surface area contributed by atoms with Gasteiger partial charge in [0.05, 0.1) is 8.07 Å². The Kier molecular flexibility index (Phi) is 3.92. The van der Waals surface area contributed by atoms with Gasteiger partial charge in [-0.1, -0.05) is 77.5 Å². The fourth-order valence-electron chi connectivity index (χ4n) is 2.89. The average Bonchev–Trinajstić information content (AvgIpc) is 2.25. The Morgan fingerprint density at radius 1 is 0.889 bits per heavy atom. The minimum absolute atomic E-state index is 0.286. The molecule has 1 rings (SSSR count). The molecule has 1 aromatic rings. The van der Waals surface area contributed by atoms with Crippen molar-refractivity contribution in [1.82, 2.24) is 0 Å². The van der Waals surface area contributed by atoms with Gasteiger partial charge in [-0.15, -0.1) is 0 Å². The highest BCUT2D eigenvalue weighted by atomic mass is 28.3. The van der Waals surface area contributed by atoms with Gasteiger partial charge in [0.1, 0.15) is 6.29 Å². The Hall–Kier alpha value is -0.893. The molecule has 0 unspecified atom stereocenters. The quantitative estimate of drug-likeness (QED) is 0.571. The van der Waals surface area contributed by atoms with E-state index in [1.165, 1.54) is 5.19 Å². The molecule has 0 atom stereocenters. The van der Waals surface area contributed by atoms with Gasteiger partial charge in [0.25, 0.3) is 0 Å². The maximum atomic E-state index is 10.8. The van der Waals surface area contributed by atoms with Gasteiger partial charge in [0.15, 0.2) is 0 Å². The molecular weight excluding hydrogens is 236 g/mol. The molecule has 0 bridgehead atoms. The zero-order chi connectivity index (χ0) is 14.2. The van der Waals surface area contributed by atoms with Crippen LogP contribution in [0.1, 0.15) is 51.9 Å². The number of carbonyl (C=O) groups excluding carboxylic acids is 1. The second-order valence-corrected chi connectivity index (χ2v) is 13.2. The molecule has 100 valence electrons. The van der Waals surface area contributed by atoms with E-state index in [0.717, 1.165) is 11.8 Å². The van der Waals surface area contributed by atoms with Gasteiger partial charge in [-0.25, -0.2) is 0 Å². The first kappa shape index (κ1) is 15.2. The fraction of sp³-hybridized carbons (Fsp3) is 0.562. The third kappa shape index (κ3) is 2.44. The molecule has 0 spiro atoms. The van der Waals surface area contributed by atoms with E-state index >= 15 is 0 Å². The van der Waals surface area contributed by atoms with Gasteiger partial charge >= 0.3 is 0 Å². The normalized spacial score (nSPS) is 13.5. The molecule has 1 nitrogen and oxygen atoms in total. The van der Waals surface area contributed by atoms with Gasteiger partial charge in [-0.2, -0.15) is 0 Å². The first-order valence-corrected chi connectivity index (χ1v) is 9.10. The largest absolute Gasteiger partial charge is 0.298 e. The summed E-state index contributed by atoms with van der Waals surface area (Å²) in [7, 11) is -1.68. The molecule has 0 aromatic heterocycles. The molecule has 1 aromatic carbocycles. The molecular formula is C16H26OSi. The predicted molar refractivity (Wildman–Crippen MR) is 82.5 cm³/mol. The number of carbonyl (C=O) groups is 1. The van der Waals surface area contributed by atoms with Crippen LogP contribution in [0, 0.1) is 0 Å². The van der Waals surface area contributed by atoms with Crippen molar-refractivity contribution in [3.05, 3.63) is 29.8 Å². The van der Waals surface area contributed by atoms with Crippen molar-refractivity contribution >= 4 is 19.5 Å². The van der Waals surface area contributed by atoms with Crippen molar-refractivity contribution < 1.29 is 4.79 Å². The van der Waals surface area contributed by atoms with Crippen LogP contribution in [-0.4, -0.2) is 14.4 Å². The first-order chi connectivity index (χ1) is 8.04. The van der Waals surface area contributed by atoms with Crippen LogP contribution in [-0.2, 0) is 0 Å². The molecule has 0 heterocycles. The maximum absolute atomic E-state index is 10.8. The van der Waals surface area contributed by atoms with Gasteiger partial charge in [0.2, 0.25) is 0 Å². The van der Waals surface area contributed by atoms with E-state index in [0.29, 0.717) is 0 Å². The average molecular weight is 262 g/mol. The van der Waals surface area contributed by atoms with Crippen molar-refractivity contribution in [3.63, 3.8) is 0 Å². The molecule has 0 aliphatic carbocycles. The predicted octanol–water partition coefficient (Wildman–Crippen LogP) is 4.38. The summed E-state index contributed by atoms with van der Waals surface area (Å²) in [4.78, 5) is 10.8. The monoisotopic (exact) mass is 262 g/mol. The maximum Gasteiger partial charge on any atom is 0.150 e. The summed E-state index contributed by atoms with van der Waals surface area (Å²) in [5, 5.41) is 2.01. The topological polar surface area (TPSA) is 17.1 Å². The van der Waals surface area contributed by atoms with E-state index in [-0.39, 0.29) is 10.1 Å². The van der Waals surface area contributed by atoms with E-state index in [9.17, 15) is 4.79 Å². The number of hydrogen-bond acceptors (Lipinski definition) is 1. The molecule has 0 aliphatic heterocycles. The lowest BCUT2D eigenvalue weighted by Gasteiger charge is -2.50. The van der Waals surface area contributed by atoms with Crippen molar-refractivity contribution in [1.29, 1.82) is 0 Å². The van der Waals surface area contributed by atoms with Crippen LogP contribution in [0.5, 0.6) is 0 Å². The fourth-order valence-corrected chi connectivity index (χ4v) is 7.70. The summed E-state index contributed by atoms with van der Waals surface area (Å²) in [6.45, 7) is 16.5. The van der Waals surface area contributed by atoms with Crippen molar-refractivity contribution in [2.45, 2.75) is 58.2 Å². The number of rotatable bonds is 2. The van der Waals surface area contributed by atoms with Crippen molar-refractivity contribution in [3.8, 4) is 0 Å². The van der Waals surface area contributed by atoms with Crippen molar-refractivity contribution in [2.24, 2.45) is 0 Å². The highest BCUT2D eigenvalue weighted by Gasteiger charge is 2.49. The highest BCUT2D eigenvalue weighted by Crippen LogP contribution is 2.50. The van der Waals surface area contributed by atoms with Gasteiger partial charge in [0, 0.05) is 5.56 Å². The molecule has 0 saturated carbocycles. The van der Waals surface area contributed by atoms with Crippen LogP contribution in [0.15, 0.2) is 24.3 Å². The van der Waals surface area contributed by atoms with Crippen LogP contribution in [0.25, 0.3) is 0 Å². The Morgan fingerprint density at radius 3 is 1.56 bits per heavy atom. The summed E-state index contributed by atoms with van der Waals surface area (Å²) in [5.41, 5.74) is 0.762.